The van der Waals surface area contributed by atoms with Crippen molar-refractivity contribution in [1.29, 1.82) is 0 Å². The highest BCUT2D eigenvalue weighted by atomic mass is 16.3. The van der Waals surface area contributed by atoms with Crippen LogP contribution in [-0.4, -0.2) is 58.5 Å². The van der Waals surface area contributed by atoms with E-state index < -0.39 is 0 Å². The number of aliphatic hydroxyl groups is 1. The molecule has 1 aliphatic rings. The van der Waals surface area contributed by atoms with Crippen LogP contribution in [0.15, 0.2) is 42.7 Å². The molecule has 1 aromatic heterocycles. The van der Waals surface area contributed by atoms with E-state index in [0.29, 0.717) is 18.7 Å². The van der Waals surface area contributed by atoms with Crippen LogP contribution in [0.3, 0.4) is 0 Å². The summed E-state index contributed by atoms with van der Waals surface area (Å²) in [5.41, 5.74) is 1.80. The van der Waals surface area contributed by atoms with Crippen LogP contribution in [-0.2, 0) is 6.54 Å². The van der Waals surface area contributed by atoms with Crippen LogP contribution in [0.2, 0.25) is 0 Å². The molecule has 0 unspecified atom stereocenters. The lowest BCUT2D eigenvalue weighted by atomic mass is 10.3. The van der Waals surface area contributed by atoms with Gasteiger partial charge in [-0.3, -0.25) is 9.48 Å². The van der Waals surface area contributed by atoms with E-state index in [1.54, 1.807) is 17.1 Å². The highest BCUT2D eigenvalue weighted by Crippen LogP contribution is 2.16. The van der Waals surface area contributed by atoms with Crippen molar-refractivity contribution in [3.8, 4) is 0 Å². The van der Waals surface area contributed by atoms with Gasteiger partial charge in [0.05, 0.1) is 24.9 Å². The van der Waals surface area contributed by atoms with Crippen molar-refractivity contribution in [2.45, 2.75) is 13.0 Å². The molecular weight excluding hydrogens is 292 g/mol. The van der Waals surface area contributed by atoms with E-state index in [2.05, 4.69) is 22.1 Å². The second-order valence-corrected chi connectivity index (χ2v) is 5.68. The highest BCUT2D eigenvalue weighted by molar-refractivity contribution is 5.93. The minimum Gasteiger partial charge on any atom is -0.394 e. The maximum Gasteiger partial charge on any atom is 0.257 e. The Morgan fingerprint density at radius 1 is 1.13 bits per heavy atom. The second kappa shape index (κ2) is 7.28. The van der Waals surface area contributed by atoms with E-state index in [-0.39, 0.29) is 12.5 Å². The predicted octanol–water partition coefficient (Wildman–Crippen LogP) is 1.23. The highest BCUT2D eigenvalue weighted by Gasteiger charge is 2.21. The molecule has 6 heteroatoms. The third kappa shape index (κ3) is 3.71. The van der Waals surface area contributed by atoms with Gasteiger partial charge in [-0.15, -0.1) is 0 Å². The van der Waals surface area contributed by atoms with E-state index in [4.69, 9.17) is 5.11 Å². The van der Waals surface area contributed by atoms with Crippen LogP contribution >= 0.6 is 0 Å². The minimum atomic E-state index is 0.0177. The number of anilines is 1. The molecule has 2 aromatic rings. The number of para-hydroxylation sites is 1. The fourth-order valence-electron chi connectivity index (χ4n) is 2.90. The molecule has 0 spiro atoms. The van der Waals surface area contributed by atoms with Gasteiger partial charge in [-0.1, -0.05) is 18.2 Å². The standard InChI is InChI=1S/C17H22N4O2/c22-12-11-21-14-15(13-18-21)17(23)20-8-4-7-19(9-10-20)16-5-2-1-3-6-16/h1-3,5-6,13-14,22H,4,7-12H2. The molecule has 1 amide bonds. The number of aliphatic hydroxyl groups excluding tert-OH is 1. The lowest BCUT2D eigenvalue weighted by Crippen LogP contribution is -2.35. The number of carbonyl (C=O) groups excluding carboxylic acids is 1. The molecule has 1 N–H and O–H groups in total. The van der Waals surface area contributed by atoms with Crippen molar-refractivity contribution in [1.82, 2.24) is 14.7 Å². The monoisotopic (exact) mass is 314 g/mol. The molecule has 1 fully saturated rings. The second-order valence-electron chi connectivity index (χ2n) is 5.68. The Kier molecular flexibility index (Phi) is 4.92. The fraction of sp³-hybridized carbons (Fsp3) is 0.412. The number of rotatable bonds is 4. The van der Waals surface area contributed by atoms with Crippen molar-refractivity contribution in [3.05, 3.63) is 48.3 Å². The molecule has 2 heterocycles. The van der Waals surface area contributed by atoms with E-state index in [0.717, 1.165) is 26.1 Å². The van der Waals surface area contributed by atoms with Gasteiger partial charge in [0.15, 0.2) is 0 Å². The summed E-state index contributed by atoms with van der Waals surface area (Å²) >= 11 is 0. The smallest absolute Gasteiger partial charge is 0.257 e. The van der Waals surface area contributed by atoms with E-state index in [9.17, 15) is 4.79 Å². The third-order valence-electron chi connectivity index (χ3n) is 4.11. The van der Waals surface area contributed by atoms with Gasteiger partial charge in [0, 0.05) is 38.1 Å². The summed E-state index contributed by atoms with van der Waals surface area (Å²) in [6.45, 7) is 3.68. The van der Waals surface area contributed by atoms with Gasteiger partial charge in [0.2, 0.25) is 0 Å². The molecule has 0 aliphatic carbocycles. The van der Waals surface area contributed by atoms with Crippen LogP contribution in [0.4, 0.5) is 5.69 Å². The zero-order valence-electron chi connectivity index (χ0n) is 13.1. The summed E-state index contributed by atoms with van der Waals surface area (Å²) < 4.78 is 1.60. The molecular formula is C17H22N4O2. The van der Waals surface area contributed by atoms with Crippen molar-refractivity contribution in [3.63, 3.8) is 0 Å². The van der Waals surface area contributed by atoms with Crippen LogP contribution in [0.1, 0.15) is 16.8 Å². The van der Waals surface area contributed by atoms with Crippen LogP contribution < -0.4 is 4.90 Å². The van der Waals surface area contributed by atoms with Crippen molar-refractivity contribution in [2.24, 2.45) is 0 Å². The van der Waals surface area contributed by atoms with Gasteiger partial charge in [0.1, 0.15) is 0 Å². The number of hydrogen-bond acceptors (Lipinski definition) is 4. The molecule has 0 radical (unpaired) electrons. The summed E-state index contributed by atoms with van der Waals surface area (Å²) in [5.74, 6) is 0.0177. The zero-order chi connectivity index (χ0) is 16.1. The molecule has 0 atom stereocenters. The van der Waals surface area contributed by atoms with Gasteiger partial charge in [0.25, 0.3) is 5.91 Å². The third-order valence-corrected chi connectivity index (χ3v) is 4.11. The van der Waals surface area contributed by atoms with Crippen LogP contribution in [0, 0.1) is 0 Å². The summed E-state index contributed by atoms with van der Waals surface area (Å²) in [7, 11) is 0. The van der Waals surface area contributed by atoms with Crippen molar-refractivity contribution >= 4 is 11.6 Å². The first-order valence-electron chi connectivity index (χ1n) is 8.00. The normalized spacial score (nSPS) is 15.5. The fourth-order valence-corrected chi connectivity index (χ4v) is 2.90. The molecule has 122 valence electrons. The van der Waals surface area contributed by atoms with Crippen LogP contribution in [0.5, 0.6) is 0 Å². The molecule has 0 saturated carbocycles. The summed E-state index contributed by atoms with van der Waals surface area (Å²) in [4.78, 5) is 16.8. The average molecular weight is 314 g/mol. The molecule has 1 saturated heterocycles. The predicted molar refractivity (Wildman–Crippen MR) is 88.5 cm³/mol. The molecule has 0 bridgehead atoms. The number of hydrogen-bond donors (Lipinski definition) is 1. The number of benzene rings is 1. The Hall–Kier alpha value is -2.34. The first-order chi connectivity index (χ1) is 11.3. The lowest BCUT2D eigenvalue weighted by Gasteiger charge is -2.23. The maximum absolute atomic E-state index is 12.6. The molecule has 1 aliphatic heterocycles. The van der Waals surface area contributed by atoms with Gasteiger partial charge in [-0.05, 0) is 18.6 Å². The van der Waals surface area contributed by atoms with Crippen molar-refractivity contribution in [2.75, 3.05) is 37.7 Å². The Bertz CT molecular complexity index is 641. The Balaban J connectivity index is 1.64. The maximum atomic E-state index is 12.6. The molecule has 3 rings (SSSR count). The summed E-state index contributed by atoms with van der Waals surface area (Å²) in [5, 5.41) is 13.0. The molecule has 6 nitrogen and oxygen atoms in total. The summed E-state index contributed by atoms with van der Waals surface area (Å²) in [6, 6.07) is 10.3. The number of amides is 1. The van der Waals surface area contributed by atoms with E-state index >= 15 is 0 Å². The van der Waals surface area contributed by atoms with E-state index in [1.165, 1.54) is 5.69 Å². The molecule has 23 heavy (non-hydrogen) atoms. The lowest BCUT2D eigenvalue weighted by molar-refractivity contribution is 0.0767. The van der Waals surface area contributed by atoms with Gasteiger partial charge >= 0.3 is 0 Å². The van der Waals surface area contributed by atoms with Crippen molar-refractivity contribution < 1.29 is 9.90 Å². The first-order valence-corrected chi connectivity index (χ1v) is 8.00. The quantitative estimate of drug-likeness (QED) is 0.922. The number of nitrogens with zero attached hydrogens (tertiary/aromatic N) is 4. The largest absolute Gasteiger partial charge is 0.394 e. The zero-order valence-corrected chi connectivity index (χ0v) is 13.1. The topological polar surface area (TPSA) is 61.6 Å². The minimum absolute atomic E-state index is 0.0177. The van der Waals surface area contributed by atoms with Gasteiger partial charge in [-0.2, -0.15) is 5.10 Å². The van der Waals surface area contributed by atoms with Gasteiger partial charge < -0.3 is 14.9 Å². The molecule has 1 aromatic carbocycles. The summed E-state index contributed by atoms with van der Waals surface area (Å²) in [6.07, 6.45) is 4.24. The first kappa shape index (κ1) is 15.6. The Morgan fingerprint density at radius 2 is 1.96 bits per heavy atom. The Morgan fingerprint density at radius 3 is 2.74 bits per heavy atom. The average Bonchev–Trinajstić information content (AvgIpc) is 2.91. The number of carbonyl (C=O) groups is 1. The van der Waals surface area contributed by atoms with Crippen LogP contribution in [0.25, 0.3) is 0 Å². The van der Waals surface area contributed by atoms with Gasteiger partial charge in [-0.25, -0.2) is 0 Å². The number of aromatic nitrogens is 2. The van der Waals surface area contributed by atoms with E-state index in [1.807, 2.05) is 23.1 Å². The Labute approximate surface area is 135 Å². The SMILES string of the molecule is O=C(c1cnn(CCO)c1)N1CCCN(c2ccccc2)CC1.